The molecule has 9 heteroatoms. The number of hydrogen-bond acceptors (Lipinski definition) is 8. The highest BCUT2D eigenvalue weighted by atomic mass is 16.6. The van der Waals surface area contributed by atoms with Gasteiger partial charge >= 0.3 is 0 Å². The van der Waals surface area contributed by atoms with Crippen molar-refractivity contribution in [3.63, 3.8) is 0 Å². The van der Waals surface area contributed by atoms with E-state index in [2.05, 4.69) is 27.2 Å². The molecule has 0 amide bonds. The number of aliphatic hydroxyl groups excluding tert-OH is 3. The molecule has 0 radical (unpaired) electrons. The summed E-state index contributed by atoms with van der Waals surface area (Å²) in [6.45, 7) is 2.60. The lowest BCUT2D eigenvalue weighted by atomic mass is 10.1. The Hall–Kier alpha value is -1.81. The molecule has 9 nitrogen and oxygen atoms in total. The minimum atomic E-state index is -1.17. The summed E-state index contributed by atoms with van der Waals surface area (Å²) >= 11 is 0. The van der Waals surface area contributed by atoms with Gasteiger partial charge < -0.3 is 25.4 Å². The van der Waals surface area contributed by atoms with Crippen molar-refractivity contribution in [1.29, 1.82) is 0 Å². The molecule has 0 aliphatic carbocycles. The number of aliphatic hydroxyl groups is 3. The standard InChI is InChI=1S/C16H25N5O4/c1-2-3-4-5-6-17-14-11-15(19-8-18-14)21(9-20-11)16-13(24)12(23)10(7-22)25-16/h8-10,12-13,16,22-24H,2-7H2,1H3,(H,17,18,19)/t10-,12-,13-,16-/m1/s1. The van der Waals surface area contributed by atoms with Crippen LogP contribution in [0.3, 0.4) is 0 Å². The number of anilines is 1. The van der Waals surface area contributed by atoms with Crippen LogP contribution in [-0.4, -0.2) is 66.3 Å². The predicted molar refractivity (Wildman–Crippen MR) is 91.0 cm³/mol. The van der Waals surface area contributed by atoms with Crippen molar-refractivity contribution in [2.24, 2.45) is 0 Å². The summed E-state index contributed by atoms with van der Waals surface area (Å²) in [5.74, 6) is 0.631. The van der Waals surface area contributed by atoms with Gasteiger partial charge in [0, 0.05) is 6.54 Å². The summed E-state index contributed by atoms with van der Waals surface area (Å²) in [6, 6.07) is 0. The van der Waals surface area contributed by atoms with Crippen LogP contribution in [0, 0.1) is 0 Å². The van der Waals surface area contributed by atoms with E-state index >= 15 is 0 Å². The summed E-state index contributed by atoms with van der Waals surface area (Å²) in [6.07, 6.45) is 3.51. The number of ether oxygens (including phenoxy) is 1. The number of rotatable bonds is 8. The molecule has 1 aliphatic rings. The van der Waals surface area contributed by atoms with Crippen LogP contribution in [0.1, 0.15) is 38.8 Å². The van der Waals surface area contributed by atoms with E-state index in [1.165, 1.54) is 25.5 Å². The molecule has 25 heavy (non-hydrogen) atoms. The van der Waals surface area contributed by atoms with Crippen molar-refractivity contribution in [1.82, 2.24) is 19.5 Å². The Bertz CT molecular complexity index is 694. The molecular formula is C16H25N5O4. The quantitative estimate of drug-likeness (QED) is 0.505. The van der Waals surface area contributed by atoms with Crippen molar-refractivity contribution in [3.05, 3.63) is 12.7 Å². The van der Waals surface area contributed by atoms with Crippen molar-refractivity contribution >= 4 is 17.0 Å². The number of nitrogens with zero attached hydrogens (tertiary/aromatic N) is 4. The first-order valence-corrected chi connectivity index (χ1v) is 8.71. The van der Waals surface area contributed by atoms with E-state index in [0.717, 1.165) is 19.4 Å². The molecule has 4 N–H and O–H groups in total. The molecule has 1 fully saturated rings. The summed E-state index contributed by atoms with van der Waals surface area (Å²) in [5, 5.41) is 32.6. The van der Waals surface area contributed by atoms with Gasteiger partial charge in [-0.05, 0) is 6.42 Å². The maximum atomic E-state index is 10.2. The first-order chi connectivity index (χ1) is 12.2. The summed E-state index contributed by atoms with van der Waals surface area (Å²) in [7, 11) is 0. The van der Waals surface area contributed by atoms with Gasteiger partial charge in [-0.1, -0.05) is 26.2 Å². The lowest BCUT2D eigenvalue weighted by Gasteiger charge is -2.16. The number of fused-ring (bicyclic) bond motifs is 1. The van der Waals surface area contributed by atoms with E-state index in [4.69, 9.17) is 4.74 Å². The molecule has 0 aromatic carbocycles. The third-order valence-electron chi connectivity index (χ3n) is 4.47. The van der Waals surface area contributed by atoms with Gasteiger partial charge in [-0.15, -0.1) is 0 Å². The fraction of sp³-hybridized carbons (Fsp3) is 0.688. The van der Waals surface area contributed by atoms with E-state index in [9.17, 15) is 15.3 Å². The number of aromatic nitrogens is 4. The molecule has 138 valence electrons. The third kappa shape index (κ3) is 3.59. The van der Waals surface area contributed by atoms with Gasteiger partial charge in [0.05, 0.1) is 12.9 Å². The largest absolute Gasteiger partial charge is 0.394 e. The predicted octanol–water partition coefficient (Wildman–Crippen LogP) is 0.430. The highest BCUT2D eigenvalue weighted by Gasteiger charge is 2.44. The summed E-state index contributed by atoms with van der Waals surface area (Å²) < 4.78 is 7.10. The lowest BCUT2D eigenvalue weighted by molar-refractivity contribution is -0.0511. The zero-order valence-electron chi connectivity index (χ0n) is 14.2. The summed E-state index contributed by atoms with van der Waals surface area (Å²) in [4.78, 5) is 12.8. The molecule has 4 atom stereocenters. The van der Waals surface area contributed by atoms with Crippen LogP contribution in [0.2, 0.25) is 0 Å². The van der Waals surface area contributed by atoms with Crippen molar-refractivity contribution in [3.8, 4) is 0 Å². The van der Waals surface area contributed by atoms with Crippen LogP contribution in [0.15, 0.2) is 12.7 Å². The van der Waals surface area contributed by atoms with Crippen LogP contribution in [0.4, 0.5) is 5.82 Å². The Kier molecular flexibility index (Phi) is 5.79. The van der Waals surface area contributed by atoms with Crippen LogP contribution in [0.25, 0.3) is 11.2 Å². The van der Waals surface area contributed by atoms with Gasteiger partial charge in [-0.2, -0.15) is 0 Å². The molecule has 0 saturated carbocycles. The molecule has 3 rings (SSSR count). The zero-order valence-corrected chi connectivity index (χ0v) is 14.2. The Morgan fingerprint density at radius 1 is 1.16 bits per heavy atom. The second kappa shape index (κ2) is 8.05. The lowest BCUT2D eigenvalue weighted by Crippen LogP contribution is -2.33. The van der Waals surface area contributed by atoms with Gasteiger partial charge in [-0.3, -0.25) is 4.57 Å². The number of unbranched alkanes of at least 4 members (excludes halogenated alkanes) is 3. The van der Waals surface area contributed by atoms with Crippen LogP contribution < -0.4 is 5.32 Å². The van der Waals surface area contributed by atoms with Crippen molar-refractivity contribution in [2.75, 3.05) is 18.5 Å². The van der Waals surface area contributed by atoms with E-state index in [0.29, 0.717) is 17.0 Å². The fourth-order valence-electron chi connectivity index (χ4n) is 3.04. The highest BCUT2D eigenvalue weighted by molar-refractivity contribution is 5.82. The molecule has 1 saturated heterocycles. The van der Waals surface area contributed by atoms with Crippen molar-refractivity contribution < 1.29 is 20.1 Å². The second-order valence-corrected chi connectivity index (χ2v) is 6.26. The van der Waals surface area contributed by atoms with E-state index in [1.807, 2.05) is 0 Å². The Balaban J connectivity index is 1.77. The molecule has 0 spiro atoms. The van der Waals surface area contributed by atoms with Gasteiger partial charge in [0.25, 0.3) is 0 Å². The monoisotopic (exact) mass is 351 g/mol. The molecule has 2 aromatic rings. The molecule has 2 aromatic heterocycles. The first kappa shape index (κ1) is 18.0. The second-order valence-electron chi connectivity index (χ2n) is 6.26. The van der Waals surface area contributed by atoms with E-state index < -0.39 is 24.5 Å². The smallest absolute Gasteiger partial charge is 0.167 e. The van der Waals surface area contributed by atoms with Crippen LogP contribution in [0.5, 0.6) is 0 Å². The van der Waals surface area contributed by atoms with Gasteiger partial charge in [0.1, 0.15) is 24.6 Å². The summed E-state index contributed by atoms with van der Waals surface area (Å²) in [5.41, 5.74) is 1.08. The maximum absolute atomic E-state index is 10.2. The molecule has 3 heterocycles. The average molecular weight is 351 g/mol. The SMILES string of the molecule is CCCCCCNc1ncnc2c1ncn2[C@@H]1O[C@H](CO)[C@@H](O)[C@H]1O. The Morgan fingerprint density at radius 2 is 2.00 bits per heavy atom. The number of hydrogen-bond donors (Lipinski definition) is 4. The van der Waals surface area contributed by atoms with Crippen LogP contribution in [-0.2, 0) is 4.74 Å². The third-order valence-corrected chi connectivity index (χ3v) is 4.47. The average Bonchev–Trinajstić information content (AvgIpc) is 3.17. The fourth-order valence-corrected chi connectivity index (χ4v) is 3.04. The van der Waals surface area contributed by atoms with Crippen LogP contribution >= 0.6 is 0 Å². The minimum absolute atomic E-state index is 0.374. The minimum Gasteiger partial charge on any atom is -0.394 e. The van der Waals surface area contributed by atoms with Gasteiger partial charge in [0.2, 0.25) is 0 Å². The Morgan fingerprint density at radius 3 is 2.72 bits per heavy atom. The maximum Gasteiger partial charge on any atom is 0.167 e. The highest BCUT2D eigenvalue weighted by Crippen LogP contribution is 2.32. The molecule has 0 bridgehead atoms. The van der Waals surface area contributed by atoms with Crippen molar-refractivity contribution in [2.45, 2.75) is 57.1 Å². The number of imidazole rings is 1. The zero-order chi connectivity index (χ0) is 17.8. The van der Waals surface area contributed by atoms with Gasteiger partial charge in [-0.25, -0.2) is 15.0 Å². The van der Waals surface area contributed by atoms with Gasteiger partial charge in [0.15, 0.2) is 23.2 Å². The Labute approximate surface area is 145 Å². The van der Waals surface area contributed by atoms with E-state index in [1.54, 1.807) is 4.57 Å². The topological polar surface area (TPSA) is 126 Å². The molecular weight excluding hydrogens is 326 g/mol. The van der Waals surface area contributed by atoms with E-state index in [-0.39, 0.29) is 6.61 Å². The first-order valence-electron chi connectivity index (χ1n) is 8.71. The molecule has 0 unspecified atom stereocenters. The number of nitrogens with one attached hydrogen (secondary N) is 1. The normalized spacial score (nSPS) is 26.4. The molecule has 1 aliphatic heterocycles.